The van der Waals surface area contributed by atoms with E-state index in [0.29, 0.717) is 30.9 Å². The second kappa shape index (κ2) is 10.4. The van der Waals surface area contributed by atoms with Gasteiger partial charge in [0.05, 0.1) is 17.9 Å². The van der Waals surface area contributed by atoms with Crippen molar-refractivity contribution in [3.63, 3.8) is 0 Å². The molecule has 0 aromatic carbocycles. The standard InChI is InChI=1S/C28H48N4O3/c1-4-19(18-32-35-14-6-13-31-25(29)30)15-21-17-22(33)16-20-7-8-24-23(27(20,21)3)9-12-26(2)10-5-11-28(24,26)34/h15,18,20-24,33-34H,4-14,16-17H2,1-3H3,(H4,29,30,31)/b19-15+,32-18+/t20-,21?,22-,23+,24-,26+,27-,28+/m1/s1. The Bertz CT molecular complexity index is 831. The number of allylic oxidation sites excluding steroid dienone is 2. The van der Waals surface area contributed by atoms with E-state index >= 15 is 0 Å². The van der Waals surface area contributed by atoms with Crippen molar-refractivity contribution in [3.8, 4) is 0 Å². The molecular weight excluding hydrogens is 440 g/mol. The van der Waals surface area contributed by atoms with E-state index in [2.05, 4.69) is 37.3 Å². The number of fused-ring (bicyclic) bond motifs is 5. The molecule has 198 valence electrons. The molecule has 8 atom stereocenters. The highest BCUT2D eigenvalue weighted by molar-refractivity contribution is 5.78. The maximum absolute atomic E-state index is 12.0. The molecule has 0 spiro atoms. The first kappa shape index (κ1) is 26.5. The van der Waals surface area contributed by atoms with Crippen molar-refractivity contribution in [1.82, 2.24) is 5.32 Å². The van der Waals surface area contributed by atoms with Crippen LogP contribution in [0.4, 0.5) is 0 Å². The van der Waals surface area contributed by atoms with Gasteiger partial charge in [-0.2, -0.15) is 0 Å². The number of aliphatic hydroxyl groups is 2. The van der Waals surface area contributed by atoms with Crippen molar-refractivity contribution >= 4 is 12.2 Å². The number of rotatable bonds is 8. The predicted octanol–water partition coefficient (Wildman–Crippen LogP) is 4.33. The number of hydrogen-bond donors (Lipinski definition) is 5. The van der Waals surface area contributed by atoms with Crippen LogP contribution in [0.2, 0.25) is 0 Å². The number of nitrogens with zero attached hydrogens (tertiary/aromatic N) is 1. The van der Waals surface area contributed by atoms with Gasteiger partial charge in [0.25, 0.3) is 0 Å². The fraction of sp³-hybridized carbons (Fsp3) is 0.857. The monoisotopic (exact) mass is 488 g/mol. The van der Waals surface area contributed by atoms with Crippen molar-refractivity contribution in [2.24, 2.45) is 45.4 Å². The lowest BCUT2D eigenvalue weighted by molar-refractivity contribution is -0.211. The predicted molar refractivity (Wildman–Crippen MR) is 140 cm³/mol. The minimum atomic E-state index is -0.519. The summed E-state index contributed by atoms with van der Waals surface area (Å²) in [5, 5.41) is 37.0. The van der Waals surface area contributed by atoms with E-state index in [1.807, 2.05) is 6.21 Å². The van der Waals surface area contributed by atoms with Crippen LogP contribution in [0.3, 0.4) is 0 Å². The van der Waals surface area contributed by atoms with E-state index in [1.165, 1.54) is 6.42 Å². The quantitative estimate of drug-likeness (QED) is 0.151. The van der Waals surface area contributed by atoms with Gasteiger partial charge in [-0.05, 0) is 104 Å². The molecule has 4 aliphatic rings. The zero-order chi connectivity index (χ0) is 25.3. The van der Waals surface area contributed by atoms with Gasteiger partial charge >= 0.3 is 0 Å². The molecule has 0 radical (unpaired) electrons. The Balaban J connectivity index is 1.51. The van der Waals surface area contributed by atoms with Gasteiger partial charge in [0.2, 0.25) is 0 Å². The van der Waals surface area contributed by atoms with E-state index in [9.17, 15) is 10.2 Å². The van der Waals surface area contributed by atoms with Gasteiger partial charge in [0.15, 0.2) is 5.96 Å². The average Bonchev–Trinajstić information content (AvgIpc) is 3.13. The molecule has 35 heavy (non-hydrogen) atoms. The van der Waals surface area contributed by atoms with Gasteiger partial charge in [-0.3, -0.25) is 5.41 Å². The van der Waals surface area contributed by atoms with Crippen LogP contribution in [0.5, 0.6) is 0 Å². The third-order valence-electron chi connectivity index (χ3n) is 10.7. The highest BCUT2D eigenvalue weighted by atomic mass is 16.6. The van der Waals surface area contributed by atoms with Gasteiger partial charge in [-0.25, -0.2) is 0 Å². The van der Waals surface area contributed by atoms with Crippen molar-refractivity contribution in [2.75, 3.05) is 13.2 Å². The van der Waals surface area contributed by atoms with Crippen molar-refractivity contribution in [3.05, 3.63) is 11.6 Å². The maximum atomic E-state index is 12.0. The molecule has 4 fully saturated rings. The van der Waals surface area contributed by atoms with Crippen LogP contribution < -0.4 is 11.1 Å². The first-order valence-corrected chi connectivity index (χ1v) is 14.0. The summed E-state index contributed by atoms with van der Waals surface area (Å²) in [4.78, 5) is 5.44. The number of aliphatic hydroxyl groups excluding tert-OH is 1. The summed E-state index contributed by atoms with van der Waals surface area (Å²) in [5.74, 6) is 1.63. The normalized spacial score (nSPS) is 43.3. The van der Waals surface area contributed by atoms with E-state index in [-0.39, 0.29) is 28.8 Å². The fourth-order valence-corrected chi connectivity index (χ4v) is 8.62. The van der Waals surface area contributed by atoms with Crippen LogP contribution in [0.1, 0.15) is 91.4 Å². The summed E-state index contributed by atoms with van der Waals surface area (Å²) in [7, 11) is 0. The molecule has 0 bridgehead atoms. The first-order chi connectivity index (χ1) is 16.6. The molecule has 6 N–H and O–H groups in total. The van der Waals surface area contributed by atoms with Gasteiger partial charge in [-0.15, -0.1) is 0 Å². The van der Waals surface area contributed by atoms with E-state index in [4.69, 9.17) is 16.0 Å². The third kappa shape index (κ3) is 4.87. The summed E-state index contributed by atoms with van der Waals surface area (Å²) in [5.41, 5.74) is 6.09. The summed E-state index contributed by atoms with van der Waals surface area (Å²) < 4.78 is 0. The molecule has 0 heterocycles. The molecule has 4 saturated carbocycles. The zero-order valence-corrected chi connectivity index (χ0v) is 22.1. The largest absolute Gasteiger partial charge is 0.396 e. The topological polar surface area (TPSA) is 124 Å². The number of nitrogens with two attached hydrogens (primary N) is 1. The van der Waals surface area contributed by atoms with E-state index in [0.717, 1.165) is 69.8 Å². The Morgan fingerprint density at radius 1 is 1.17 bits per heavy atom. The Morgan fingerprint density at radius 3 is 2.71 bits per heavy atom. The number of nitrogens with one attached hydrogen (secondary N) is 2. The highest BCUT2D eigenvalue weighted by Crippen LogP contribution is 2.68. The molecule has 0 aromatic rings. The smallest absolute Gasteiger partial charge is 0.185 e. The molecule has 4 rings (SSSR count). The van der Waals surface area contributed by atoms with Crippen LogP contribution in [0.15, 0.2) is 16.8 Å². The summed E-state index contributed by atoms with van der Waals surface area (Å²) >= 11 is 0. The van der Waals surface area contributed by atoms with Gasteiger partial charge in [0.1, 0.15) is 6.61 Å². The lowest BCUT2D eigenvalue weighted by atomic mass is 9.41. The number of oxime groups is 1. The van der Waals surface area contributed by atoms with Crippen LogP contribution in [0.25, 0.3) is 0 Å². The molecule has 0 aromatic heterocycles. The molecule has 7 heteroatoms. The Morgan fingerprint density at radius 2 is 1.97 bits per heavy atom. The maximum Gasteiger partial charge on any atom is 0.185 e. The Hall–Kier alpha value is -1.60. The SMILES string of the molecule is CCC(/C=N/OCCCNC(=N)N)=C\C1C[C@H](O)C[C@H]2CC[C@@H]3[C@H](CC[C@]4(C)CCC[C@]34O)[C@@]12C. The molecule has 0 amide bonds. The molecule has 1 unspecified atom stereocenters. The van der Waals surface area contributed by atoms with Crippen molar-refractivity contribution in [1.29, 1.82) is 5.41 Å². The summed E-state index contributed by atoms with van der Waals surface area (Å²) in [6.45, 7) is 8.02. The van der Waals surface area contributed by atoms with Gasteiger partial charge in [0, 0.05) is 13.0 Å². The van der Waals surface area contributed by atoms with Crippen LogP contribution in [0, 0.1) is 39.9 Å². The Labute approximate surface area is 211 Å². The Kier molecular flexibility index (Phi) is 7.87. The first-order valence-electron chi connectivity index (χ1n) is 14.0. The molecular formula is C28H48N4O3. The molecule has 7 nitrogen and oxygen atoms in total. The van der Waals surface area contributed by atoms with Crippen molar-refractivity contribution < 1.29 is 15.1 Å². The van der Waals surface area contributed by atoms with Gasteiger partial charge in [-0.1, -0.05) is 32.0 Å². The minimum absolute atomic E-state index is 0.0289. The second-order valence-electron chi connectivity index (χ2n) is 12.3. The second-order valence-corrected chi connectivity index (χ2v) is 12.3. The van der Waals surface area contributed by atoms with Crippen LogP contribution in [-0.4, -0.2) is 47.2 Å². The number of guanidine groups is 1. The summed E-state index contributed by atoms with van der Waals surface area (Å²) in [6, 6.07) is 0. The fourth-order valence-electron chi connectivity index (χ4n) is 8.62. The van der Waals surface area contributed by atoms with Crippen LogP contribution >= 0.6 is 0 Å². The minimum Gasteiger partial charge on any atom is -0.396 e. The van der Waals surface area contributed by atoms with Crippen LogP contribution in [-0.2, 0) is 4.84 Å². The zero-order valence-electron chi connectivity index (χ0n) is 22.1. The van der Waals surface area contributed by atoms with Gasteiger partial charge < -0.3 is 26.1 Å². The highest BCUT2D eigenvalue weighted by Gasteiger charge is 2.65. The third-order valence-corrected chi connectivity index (χ3v) is 10.7. The molecule has 4 aliphatic carbocycles. The molecule has 0 aliphatic heterocycles. The molecule has 0 saturated heterocycles. The lowest BCUT2D eigenvalue weighted by Crippen LogP contribution is -2.62. The summed E-state index contributed by atoms with van der Waals surface area (Å²) in [6.07, 6.45) is 15.0. The van der Waals surface area contributed by atoms with Crippen molar-refractivity contribution in [2.45, 2.75) is 103 Å². The van der Waals surface area contributed by atoms with E-state index < -0.39 is 5.60 Å². The lowest BCUT2D eigenvalue weighted by Gasteiger charge is -2.64. The number of hydrogen-bond acceptors (Lipinski definition) is 5. The van der Waals surface area contributed by atoms with E-state index in [1.54, 1.807) is 0 Å². The average molecular weight is 489 g/mol.